The molecule has 0 saturated heterocycles. The summed E-state index contributed by atoms with van der Waals surface area (Å²) in [6.07, 6.45) is -5.44. The lowest BCUT2D eigenvalue weighted by Crippen LogP contribution is -2.51. The molecular weight excluding hydrogens is 642 g/mol. The lowest BCUT2D eigenvalue weighted by Gasteiger charge is -2.31. The largest absolute Gasteiger partial charge is 0.489 e. The number of amides is 2. The van der Waals surface area contributed by atoms with Crippen LogP contribution in [0.25, 0.3) is 21.5 Å². The van der Waals surface area contributed by atoms with E-state index in [0.717, 1.165) is 23.5 Å². The van der Waals surface area contributed by atoms with E-state index in [2.05, 4.69) is 9.97 Å². The van der Waals surface area contributed by atoms with Gasteiger partial charge in [-0.1, -0.05) is 30.4 Å². The number of nitrogens with one attached hydrogen (secondary N) is 1. The number of aromatic nitrogens is 2. The van der Waals surface area contributed by atoms with Gasteiger partial charge in [0.05, 0.1) is 27.6 Å². The summed E-state index contributed by atoms with van der Waals surface area (Å²) >= 11 is 0.863. The number of primary amides is 1. The highest BCUT2D eigenvalue weighted by molar-refractivity contribution is 7.91. The molecule has 2 aromatic heterocycles. The molecule has 0 spiro atoms. The van der Waals surface area contributed by atoms with Crippen molar-refractivity contribution in [2.75, 3.05) is 24.6 Å². The smallest absolute Gasteiger partial charge is 0.424 e. The fourth-order valence-electron chi connectivity index (χ4n) is 4.76. The molecule has 1 aliphatic rings. The minimum atomic E-state index is -5.44. The highest BCUT2D eigenvalue weighted by Crippen LogP contribution is 2.47. The van der Waals surface area contributed by atoms with Crippen molar-refractivity contribution in [1.29, 1.82) is 0 Å². The van der Waals surface area contributed by atoms with Gasteiger partial charge in [0.2, 0.25) is 11.5 Å². The highest BCUT2D eigenvalue weighted by atomic mass is 32.2. The van der Waals surface area contributed by atoms with E-state index in [1.165, 1.54) is 44.2 Å². The van der Waals surface area contributed by atoms with Gasteiger partial charge in [0.25, 0.3) is 5.91 Å². The number of ether oxygens (including phenoxy) is 1. The number of nitrogens with zero attached hydrogens (tertiary/aromatic N) is 2. The lowest BCUT2D eigenvalue weighted by atomic mass is 9.81. The Labute approximate surface area is 257 Å². The number of alkyl halides is 3. The number of anilines is 1. The normalized spacial score (nSPS) is 17.8. The Morgan fingerprint density at radius 3 is 2.42 bits per heavy atom. The molecule has 11 nitrogen and oxygen atoms in total. The van der Waals surface area contributed by atoms with E-state index < -0.39 is 56.9 Å². The van der Waals surface area contributed by atoms with E-state index in [-0.39, 0.29) is 60.7 Å². The summed E-state index contributed by atoms with van der Waals surface area (Å²) in [7, 11) is -3.62. The number of benzene rings is 2. The second kappa shape index (κ2) is 10.9. The average molecular weight is 668 g/mol. The fraction of sp³-hybridized carbons (Fsp3) is 0.286. The molecule has 3 heterocycles. The van der Waals surface area contributed by atoms with E-state index in [4.69, 9.17) is 16.2 Å². The van der Waals surface area contributed by atoms with Crippen LogP contribution >= 0.6 is 11.3 Å². The van der Waals surface area contributed by atoms with Crippen molar-refractivity contribution in [3.63, 3.8) is 0 Å². The van der Waals surface area contributed by atoms with Crippen LogP contribution in [0.15, 0.2) is 47.4 Å². The minimum Gasteiger partial charge on any atom is -0.489 e. The Hall–Kier alpha value is -4.35. The van der Waals surface area contributed by atoms with E-state index >= 15 is 0 Å². The SMILES string of the molecule is CCS(=O)(=O)c1ccc(-c2nc(C(O)(CNC(=O)c3cc(F)c4nc(N)sc4c3)C(F)(F)F)cc3c2OC[C@]3(C)C(N)=O)cc1. The van der Waals surface area contributed by atoms with Crippen LogP contribution in [0.5, 0.6) is 5.75 Å². The molecule has 0 radical (unpaired) electrons. The first-order valence-electron chi connectivity index (χ1n) is 13.2. The van der Waals surface area contributed by atoms with E-state index in [9.17, 15) is 40.7 Å². The van der Waals surface area contributed by atoms with E-state index in [1.807, 2.05) is 5.32 Å². The highest BCUT2D eigenvalue weighted by Gasteiger charge is 2.57. The number of halogens is 4. The van der Waals surface area contributed by atoms with Crippen molar-refractivity contribution in [3.8, 4) is 17.0 Å². The fourth-order valence-corrected chi connectivity index (χ4v) is 6.44. The number of thiazole rings is 1. The minimum absolute atomic E-state index is 0.0139. The van der Waals surface area contributed by atoms with Crippen LogP contribution in [0.2, 0.25) is 0 Å². The second-order valence-electron chi connectivity index (χ2n) is 10.5. The number of sulfone groups is 1. The summed E-state index contributed by atoms with van der Waals surface area (Å²) in [6, 6.07) is 7.86. The first-order valence-corrected chi connectivity index (χ1v) is 15.6. The zero-order valence-corrected chi connectivity index (χ0v) is 25.2. The van der Waals surface area contributed by atoms with Crippen LogP contribution in [-0.4, -0.2) is 60.4 Å². The number of rotatable bonds is 8. The Kier molecular flexibility index (Phi) is 7.78. The number of aliphatic hydroxyl groups is 1. The number of hydrogen-bond donors (Lipinski definition) is 4. The van der Waals surface area contributed by atoms with Crippen LogP contribution in [0, 0.1) is 5.82 Å². The van der Waals surface area contributed by atoms with Gasteiger partial charge in [0.1, 0.15) is 29.0 Å². The van der Waals surface area contributed by atoms with Crippen LogP contribution < -0.4 is 21.5 Å². The Balaban J connectivity index is 1.60. The first-order chi connectivity index (χ1) is 20.9. The van der Waals surface area contributed by atoms with Crippen molar-refractivity contribution < 1.29 is 45.4 Å². The van der Waals surface area contributed by atoms with Crippen molar-refractivity contribution in [1.82, 2.24) is 15.3 Å². The zero-order chi connectivity index (χ0) is 33.1. The zero-order valence-electron chi connectivity index (χ0n) is 23.5. The summed E-state index contributed by atoms with van der Waals surface area (Å²) < 4.78 is 89.0. The van der Waals surface area contributed by atoms with Crippen LogP contribution in [0.3, 0.4) is 0 Å². The predicted molar refractivity (Wildman–Crippen MR) is 156 cm³/mol. The van der Waals surface area contributed by atoms with Gasteiger partial charge in [-0.2, -0.15) is 13.2 Å². The number of hydrogen-bond acceptors (Lipinski definition) is 10. The van der Waals surface area contributed by atoms with Gasteiger partial charge < -0.3 is 26.6 Å². The van der Waals surface area contributed by atoms with Crippen molar-refractivity contribution in [2.45, 2.75) is 35.9 Å². The maximum absolute atomic E-state index is 14.7. The number of nitrogen functional groups attached to an aromatic ring is 1. The summed E-state index contributed by atoms with van der Waals surface area (Å²) in [5, 5.41) is 13.2. The summed E-state index contributed by atoms with van der Waals surface area (Å²) in [6.45, 7) is 0.972. The Morgan fingerprint density at radius 1 is 1.16 bits per heavy atom. The molecule has 1 unspecified atom stereocenters. The molecule has 0 fully saturated rings. The summed E-state index contributed by atoms with van der Waals surface area (Å²) in [5.74, 6) is -3.29. The Bertz CT molecular complexity index is 1970. The monoisotopic (exact) mass is 667 g/mol. The first kappa shape index (κ1) is 32.1. The molecule has 5 rings (SSSR count). The van der Waals surface area contributed by atoms with Gasteiger partial charge in [-0.25, -0.2) is 22.8 Å². The number of fused-ring (bicyclic) bond motifs is 2. The number of pyridine rings is 1. The van der Waals surface area contributed by atoms with Crippen LogP contribution in [0.4, 0.5) is 22.7 Å². The third-order valence-corrected chi connectivity index (χ3v) is 10.2. The second-order valence-corrected chi connectivity index (χ2v) is 13.9. The standard InChI is InChI=1S/C28H25F4N5O6S2/c1-3-45(41,42)15-6-4-13(5-7-15)20-22-16(26(2,12-43-22)24(33)39)10-19(36-20)27(40,28(30,31)32)11-35-23(38)14-8-17(29)21-18(9-14)44-25(34)37-21/h4-10,40H,3,11-12H2,1-2H3,(H2,33,39)(H2,34,37)(H,35,38)/t26-,27?/m0/s1. The quantitative estimate of drug-likeness (QED) is 0.205. The van der Waals surface area contributed by atoms with E-state index in [1.54, 1.807) is 0 Å². The molecule has 2 aromatic carbocycles. The molecule has 238 valence electrons. The lowest BCUT2D eigenvalue weighted by molar-refractivity contribution is -0.265. The molecule has 4 aromatic rings. The van der Waals surface area contributed by atoms with Crippen LogP contribution in [0.1, 0.15) is 35.5 Å². The van der Waals surface area contributed by atoms with Crippen molar-refractivity contribution >= 4 is 48.3 Å². The van der Waals surface area contributed by atoms with Crippen molar-refractivity contribution in [2.24, 2.45) is 5.73 Å². The molecule has 45 heavy (non-hydrogen) atoms. The maximum atomic E-state index is 14.7. The molecular formula is C28H25F4N5O6S2. The van der Waals surface area contributed by atoms with Gasteiger partial charge in [-0.3, -0.25) is 9.59 Å². The number of carbonyl (C=O) groups is 2. The molecule has 0 aliphatic carbocycles. The molecule has 17 heteroatoms. The molecule has 0 bridgehead atoms. The number of nitrogens with two attached hydrogens (primary N) is 2. The van der Waals surface area contributed by atoms with Gasteiger partial charge in [-0.05, 0) is 37.3 Å². The van der Waals surface area contributed by atoms with Gasteiger partial charge in [0.15, 0.2) is 20.8 Å². The topological polar surface area (TPSA) is 188 Å². The van der Waals surface area contributed by atoms with Gasteiger partial charge in [0, 0.05) is 16.7 Å². The number of carbonyl (C=O) groups excluding carboxylic acids is 2. The Morgan fingerprint density at radius 2 is 1.82 bits per heavy atom. The molecule has 0 saturated carbocycles. The molecule has 6 N–H and O–H groups in total. The molecule has 1 aliphatic heterocycles. The summed E-state index contributed by atoms with van der Waals surface area (Å²) in [4.78, 5) is 33.2. The molecule has 2 amide bonds. The van der Waals surface area contributed by atoms with E-state index in [0.29, 0.717) is 0 Å². The predicted octanol–water partition coefficient (Wildman–Crippen LogP) is 3.19. The summed E-state index contributed by atoms with van der Waals surface area (Å²) in [5.41, 5.74) is 3.99. The third kappa shape index (κ3) is 5.44. The maximum Gasteiger partial charge on any atom is 0.424 e. The van der Waals surface area contributed by atoms with Crippen molar-refractivity contribution in [3.05, 3.63) is 65.1 Å². The average Bonchev–Trinajstić information content (AvgIpc) is 3.54. The molecule has 2 atom stereocenters. The van der Waals surface area contributed by atoms with Crippen LogP contribution in [-0.2, 0) is 25.6 Å². The third-order valence-electron chi connectivity index (χ3n) is 7.61. The van der Waals surface area contributed by atoms with Gasteiger partial charge in [-0.15, -0.1) is 0 Å². The van der Waals surface area contributed by atoms with Gasteiger partial charge >= 0.3 is 6.18 Å².